The van der Waals surface area contributed by atoms with Gasteiger partial charge < -0.3 is 9.64 Å². The minimum atomic E-state index is -4.20. The van der Waals surface area contributed by atoms with Crippen molar-refractivity contribution in [1.29, 1.82) is 0 Å². The van der Waals surface area contributed by atoms with Gasteiger partial charge in [0.1, 0.15) is 0 Å². The van der Waals surface area contributed by atoms with E-state index >= 15 is 0 Å². The molecule has 0 radical (unpaired) electrons. The van der Waals surface area contributed by atoms with Gasteiger partial charge in [-0.15, -0.1) is 0 Å². The minimum absolute atomic E-state index is 0.208. The molecule has 122 valence electrons. The van der Waals surface area contributed by atoms with Crippen LogP contribution in [0.4, 0.5) is 13.2 Å². The highest BCUT2D eigenvalue weighted by atomic mass is 19.4. The fourth-order valence-electron chi connectivity index (χ4n) is 2.55. The molecule has 0 spiro atoms. The first-order chi connectivity index (χ1) is 10.4. The number of hydrogen-bond acceptors (Lipinski definition) is 3. The number of rotatable bonds is 4. The van der Waals surface area contributed by atoms with Crippen LogP contribution >= 0.6 is 0 Å². The molecule has 1 aliphatic heterocycles. The molecule has 4 nitrogen and oxygen atoms in total. The van der Waals surface area contributed by atoms with Gasteiger partial charge in [0, 0.05) is 33.3 Å². The molecule has 1 aromatic carbocycles. The summed E-state index contributed by atoms with van der Waals surface area (Å²) in [7, 11) is 1.45. The number of ether oxygens (including phenoxy) is 1. The molecule has 1 saturated heterocycles. The lowest BCUT2D eigenvalue weighted by atomic mass is 10.1. The lowest BCUT2D eigenvalue weighted by Crippen LogP contribution is -2.52. The summed E-state index contributed by atoms with van der Waals surface area (Å²) in [5, 5.41) is 0. The number of piperazine rings is 1. The van der Waals surface area contributed by atoms with Gasteiger partial charge in [0.15, 0.2) is 6.10 Å². The lowest BCUT2D eigenvalue weighted by molar-refractivity contribution is -0.155. The Labute approximate surface area is 127 Å². The van der Waals surface area contributed by atoms with Crippen LogP contribution in [-0.4, -0.2) is 61.7 Å². The predicted molar refractivity (Wildman–Crippen MR) is 75.3 cm³/mol. The molecule has 1 heterocycles. The molecule has 1 atom stereocenters. The van der Waals surface area contributed by atoms with Gasteiger partial charge in [-0.25, -0.2) is 0 Å². The highest BCUT2D eigenvalue weighted by Crippen LogP contribution is 2.21. The van der Waals surface area contributed by atoms with Gasteiger partial charge in [0.2, 0.25) is 0 Å². The normalized spacial score (nSPS) is 18.3. The second-order valence-electron chi connectivity index (χ2n) is 5.24. The van der Waals surface area contributed by atoms with Crippen molar-refractivity contribution in [3.8, 4) is 0 Å². The Kier molecular flexibility index (Phi) is 5.42. The second kappa shape index (κ2) is 7.11. The van der Waals surface area contributed by atoms with E-state index in [2.05, 4.69) is 0 Å². The Morgan fingerprint density at radius 2 is 1.77 bits per heavy atom. The minimum Gasteiger partial charge on any atom is -0.367 e. The Balaban J connectivity index is 1.94. The third kappa shape index (κ3) is 4.45. The monoisotopic (exact) mass is 316 g/mol. The highest BCUT2D eigenvalue weighted by Gasteiger charge is 2.34. The van der Waals surface area contributed by atoms with Gasteiger partial charge in [-0.2, -0.15) is 13.2 Å². The number of alkyl halides is 3. The van der Waals surface area contributed by atoms with Crippen molar-refractivity contribution in [2.45, 2.75) is 12.3 Å². The molecule has 1 unspecified atom stereocenters. The number of carbonyl (C=O) groups excluding carboxylic acids is 1. The van der Waals surface area contributed by atoms with Gasteiger partial charge in [-0.3, -0.25) is 9.69 Å². The van der Waals surface area contributed by atoms with Crippen LogP contribution in [0.25, 0.3) is 0 Å². The fraction of sp³-hybridized carbons (Fsp3) is 0.533. The summed E-state index contributed by atoms with van der Waals surface area (Å²) in [5.41, 5.74) is 0.743. The number of amides is 1. The van der Waals surface area contributed by atoms with Crippen LogP contribution in [0.15, 0.2) is 30.3 Å². The van der Waals surface area contributed by atoms with Crippen molar-refractivity contribution in [3.05, 3.63) is 35.9 Å². The SMILES string of the molecule is COC(C(=O)N1CCN(CC(F)(F)F)CC1)c1ccccc1. The molecule has 1 aliphatic rings. The van der Waals surface area contributed by atoms with Crippen molar-refractivity contribution >= 4 is 5.91 Å². The Hall–Kier alpha value is -1.60. The topological polar surface area (TPSA) is 32.8 Å². The maximum Gasteiger partial charge on any atom is 0.401 e. The number of nitrogens with zero attached hydrogens (tertiary/aromatic N) is 2. The van der Waals surface area contributed by atoms with E-state index in [0.29, 0.717) is 0 Å². The summed E-state index contributed by atoms with van der Waals surface area (Å²) in [6.07, 6.45) is -4.92. The molecule has 0 bridgehead atoms. The van der Waals surface area contributed by atoms with E-state index in [0.717, 1.165) is 5.56 Å². The zero-order chi connectivity index (χ0) is 16.2. The summed E-state index contributed by atoms with van der Waals surface area (Å²) in [5.74, 6) is -0.208. The summed E-state index contributed by atoms with van der Waals surface area (Å²) in [6, 6.07) is 9.07. The Bertz CT molecular complexity index is 485. The molecule has 1 aromatic rings. The van der Waals surface area contributed by atoms with Gasteiger partial charge in [0.25, 0.3) is 5.91 Å². The quantitative estimate of drug-likeness (QED) is 0.853. The van der Waals surface area contributed by atoms with E-state index in [1.807, 2.05) is 18.2 Å². The van der Waals surface area contributed by atoms with Crippen LogP contribution in [0.1, 0.15) is 11.7 Å². The predicted octanol–water partition coefficient (Wildman–Crippen LogP) is 2.08. The molecule has 0 N–H and O–H groups in total. The third-order valence-electron chi connectivity index (χ3n) is 3.65. The zero-order valence-corrected chi connectivity index (χ0v) is 12.3. The lowest BCUT2D eigenvalue weighted by Gasteiger charge is -2.36. The number of benzene rings is 1. The first-order valence-corrected chi connectivity index (χ1v) is 7.06. The first kappa shape index (κ1) is 16.8. The molecule has 0 saturated carbocycles. The summed E-state index contributed by atoms with van der Waals surface area (Å²) in [6.45, 7) is 0.0670. The van der Waals surface area contributed by atoms with Gasteiger partial charge in [-0.1, -0.05) is 30.3 Å². The van der Waals surface area contributed by atoms with E-state index in [1.54, 1.807) is 17.0 Å². The van der Waals surface area contributed by atoms with Crippen molar-refractivity contribution in [1.82, 2.24) is 9.80 Å². The number of halogens is 3. The van der Waals surface area contributed by atoms with Gasteiger partial charge in [-0.05, 0) is 5.56 Å². The van der Waals surface area contributed by atoms with Crippen molar-refractivity contribution in [2.75, 3.05) is 39.8 Å². The summed E-state index contributed by atoms with van der Waals surface area (Å²) >= 11 is 0. The molecule has 0 aliphatic carbocycles. The van der Waals surface area contributed by atoms with Crippen LogP contribution in [0, 0.1) is 0 Å². The summed E-state index contributed by atoms with van der Waals surface area (Å²) < 4.78 is 42.3. The standard InChI is InChI=1S/C15H19F3N2O2/c1-22-13(12-5-3-2-4-6-12)14(21)20-9-7-19(8-10-20)11-15(16,17)18/h2-6,13H,7-11H2,1H3. The number of methoxy groups -OCH3 is 1. The largest absolute Gasteiger partial charge is 0.401 e. The molecule has 0 aromatic heterocycles. The molecule has 2 rings (SSSR count). The van der Waals surface area contributed by atoms with Crippen LogP contribution in [0.3, 0.4) is 0 Å². The Morgan fingerprint density at radius 1 is 1.18 bits per heavy atom. The van der Waals surface area contributed by atoms with Crippen molar-refractivity contribution in [3.63, 3.8) is 0 Å². The number of carbonyl (C=O) groups is 1. The molecule has 7 heteroatoms. The smallest absolute Gasteiger partial charge is 0.367 e. The first-order valence-electron chi connectivity index (χ1n) is 7.06. The van der Waals surface area contributed by atoms with Crippen LogP contribution in [0.5, 0.6) is 0 Å². The Morgan fingerprint density at radius 3 is 2.27 bits per heavy atom. The molecular formula is C15H19F3N2O2. The second-order valence-corrected chi connectivity index (χ2v) is 5.24. The zero-order valence-electron chi connectivity index (χ0n) is 12.3. The van der Waals surface area contributed by atoms with E-state index in [9.17, 15) is 18.0 Å². The van der Waals surface area contributed by atoms with Gasteiger partial charge >= 0.3 is 6.18 Å². The average molecular weight is 316 g/mol. The van der Waals surface area contributed by atoms with Crippen LogP contribution in [0.2, 0.25) is 0 Å². The molecule has 1 amide bonds. The molecule has 22 heavy (non-hydrogen) atoms. The number of hydrogen-bond donors (Lipinski definition) is 0. The van der Waals surface area contributed by atoms with E-state index in [1.165, 1.54) is 12.0 Å². The van der Waals surface area contributed by atoms with Crippen molar-refractivity contribution in [2.24, 2.45) is 0 Å². The average Bonchev–Trinajstić information content (AvgIpc) is 2.48. The fourth-order valence-corrected chi connectivity index (χ4v) is 2.55. The van der Waals surface area contributed by atoms with Crippen LogP contribution in [-0.2, 0) is 9.53 Å². The van der Waals surface area contributed by atoms with Crippen molar-refractivity contribution < 1.29 is 22.7 Å². The van der Waals surface area contributed by atoms with Gasteiger partial charge in [0.05, 0.1) is 6.54 Å². The highest BCUT2D eigenvalue weighted by molar-refractivity contribution is 5.82. The maximum atomic E-state index is 12.5. The summed E-state index contributed by atoms with van der Waals surface area (Å²) in [4.78, 5) is 15.4. The maximum absolute atomic E-state index is 12.5. The van der Waals surface area contributed by atoms with Crippen LogP contribution < -0.4 is 0 Å². The van der Waals surface area contributed by atoms with E-state index in [4.69, 9.17) is 4.74 Å². The third-order valence-corrected chi connectivity index (χ3v) is 3.65. The van der Waals surface area contributed by atoms with E-state index in [-0.39, 0.29) is 32.1 Å². The van der Waals surface area contributed by atoms with E-state index < -0.39 is 18.8 Å². The molecular weight excluding hydrogens is 297 g/mol. The molecule has 1 fully saturated rings.